The molecule has 0 fully saturated rings. The number of benzene rings is 2. The fourth-order valence-electron chi connectivity index (χ4n) is 2.21. The molecule has 0 aliphatic heterocycles. The number of nitro benzene ring substituents is 1. The van der Waals surface area contributed by atoms with E-state index in [0.717, 1.165) is 5.56 Å². The van der Waals surface area contributed by atoms with E-state index in [4.69, 9.17) is 5.73 Å². The van der Waals surface area contributed by atoms with Crippen LogP contribution in [0.15, 0.2) is 47.4 Å². The summed E-state index contributed by atoms with van der Waals surface area (Å²) in [5.74, 6) is 0. The monoisotopic (exact) mass is 349 g/mol. The number of nitrogens with zero attached hydrogens (tertiary/aromatic N) is 1. The normalized spacial score (nSPS) is 12.0. The van der Waals surface area contributed by atoms with Gasteiger partial charge in [-0.1, -0.05) is 17.7 Å². The Hall–Kier alpha value is -2.45. The van der Waals surface area contributed by atoms with Gasteiger partial charge in [-0.2, -0.15) is 0 Å². The first-order chi connectivity index (χ1) is 11.0. The zero-order chi connectivity index (χ0) is 18.1. The van der Waals surface area contributed by atoms with E-state index in [0.29, 0.717) is 5.56 Å². The summed E-state index contributed by atoms with van der Waals surface area (Å²) in [6, 6.07) is 10.2. The molecule has 0 bridgehead atoms. The number of hydrogen-bond acceptors (Lipinski definition) is 5. The summed E-state index contributed by atoms with van der Waals surface area (Å²) in [7, 11) is -3.88. The number of hydrogen-bond donors (Lipinski definition) is 2. The van der Waals surface area contributed by atoms with Crippen LogP contribution >= 0.6 is 0 Å². The van der Waals surface area contributed by atoms with Gasteiger partial charge in [-0.05, 0) is 44.5 Å². The van der Waals surface area contributed by atoms with Crippen molar-refractivity contribution in [3.63, 3.8) is 0 Å². The van der Waals surface area contributed by atoms with Crippen LogP contribution in [0.3, 0.4) is 0 Å². The third-order valence-corrected chi connectivity index (χ3v) is 4.87. The zero-order valence-electron chi connectivity index (χ0n) is 13.6. The highest BCUT2D eigenvalue weighted by atomic mass is 32.2. The van der Waals surface area contributed by atoms with E-state index in [1.165, 1.54) is 30.3 Å². The Bertz CT molecular complexity index is 869. The van der Waals surface area contributed by atoms with E-state index in [1.54, 1.807) is 26.0 Å². The van der Waals surface area contributed by atoms with Crippen molar-refractivity contribution < 1.29 is 13.3 Å². The van der Waals surface area contributed by atoms with Gasteiger partial charge in [0.15, 0.2) is 0 Å². The number of aryl methyl sites for hydroxylation is 1. The highest BCUT2D eigenvalue weighted by molar-refractivity contribution is 7.92. The smallest absolute Gasteiger partial charge is 0.271 e. The quantitative estimate of drug-likeness (QED) is 0.636. The summed E-state index contributed by atoms with van der Waals surface area (Å²) >= 11 is 0. The summed E-state index contributed by atoms with van der Waals surface area (Å²) in [6.45, 7) is 5.23. The molecule has 0 aliphatic carbocycles. The lowest BCUT2D eigenvalue weighted by molar-refractivity contribution is -0.384. The van der Waals surface area contributed by atoms with E-state index in [9.17, 15) is 18.5 Å². The number of sulfonamides is 1. The summed E-state index contributed by atoms with van der Waals surface area (Å²) in [4.78, 5) is 10.5. The van der Waals surface area contributed by atoms with Crippen LogP contribution in [0.4, 0.5) is 11.4 Å². The molecule has 0 radical (unpaired) electrons. The topological polar surface area (TPSA) is 115 Å². The molecular formula is C16H19N3O4S. The molecule has 2 rings (SSSR count). The maximum atomic E-state index is 12.6. The van der Waals surface area contributed by atoms with Crippen molar-refractivity contribution in [3.8, 4) is 0 Å². The Morgan fingerprint density at radius 3 is 2.21 bits per heavy atom. The largest absolute Gasteiger partial charge is 0.322 e. The first-order valence-corrected chi connectivity index (χ1v) is 8.66. The number of non-ortho nitro benzene ring substituents is 1. The summed E-state index contributed by atoms with van der Waals surface area (Å²) in [5, 5.41) is 11.0. The molecule has 0 unspecified atom stereocenters. The van der Waals surface area contributed by atoms with Crippen LogP contribution in [0.5, 0.6) is 0 Å². The van der Waals surface area contributed by atoms with E-state index in [2.05, 4.69) is 4.72 Å². The number of nitrogens with one attached hydrogen (secondary N) is 1. The van der Waals surface area contributed by atoms with Crippen molar-refractivity contribution in [2.24, 2.45) is 5.73 Å². The molecule has 2 aromatic carbocycles. The molecule has 0 aromatic heterocycles. The van der Waals surface area contributed by atoms with Gasteiger partial charge in [-0.25, -0.2) is 8.42 Å². The minimum Gasteiger partial charge on any atom is -0.322 e. The Morgan fingerprint density at radius 1 is 1.12 bits per heavy atom. The van der Waals surface area contributed by atoms with Crippen LogP contribution in [-0.2, 0) is 15.6 Å². The van der Waals surface area contributed by atoms with Crippen LogP contribution < -0.4 is 10.5 Å². The predicted octanol–water partition coefficient (Wildman–Crippen LogP) is 2.90. The molecule has 8 heteroatoms. The van der Waals surface area contributed by atoms with E-state index in [1.807, 2.05) is 6.92 Å². The molecule has 0 spiro atoms. The number of nitro groups is 1. The van der Waals surface area contributed by atoms with E-state index in [-0.39, 0.29) is 16.3 Å². The Morgan fingerprint density at radius 2 is 1.71 bits per heavy atom. The minimum atomic E-state index is -3.88. The standard InChI is InChI=1S/C16H19N3O4S/c1-11-4-7-13(8-5-11)24(22,23)18-15-10-12(19(20)21)6-9-14(15)16(2,3)17/h4-10,18H,17H2,1-3H3. The van der Waals surface area contributed by atoms with E-state index >= 15 is 0 Å². The van der Waals surface area contributed by atoms with Crippen molar-refractivity contribution in [2.45, 2.75) is 31.2 Å². The highest BCUT2D eigenvalue weighted by Gasteiger charge is 2.24. The van der Waals surface area contributed by atoms with Crippen molar-refractivity contribution >= 4 is 21.4 Å². The van der Waals surface area contributed by atoms with Gasteiger partial charge in [0.1, 0.15) is 0 Å². The van der Waals surface area contributed by atoms with Gasteiger partial charge < -0.3 is 5.73 Å². The maximum absolute atomic E-state index is 12.6. The fourth-order valence-corrected chi connectivity index (χ4v) is 3.28. The van der Waals surface area contributed by atoms with Crippen LogP contribution in [0, 0.1) is 17.0 Å². The Labute approximate surface area is 140 Å². The molecular weight excluding hydrogens is 330 g/mol. The molecule has 0 aliphatic rings. The van der Waals surface area contributed by atoms with Gasteiger partial charge in [0.25, 0.3) is 15.7 Å². The average molecular weight is 349 g/mol. The summed E-state index contributed by atoms with van der Waals surface area (Å²) < 4.78 is 27.5. The third-order valence-electron chi connectivity index (χ3n) is 3.48. The zero-order valence-corrected chi connectivity index (χ0v) is 14.4. The molecule has 0 amide bonds. The van der Waals surface area contributed by atoms with E-state index < -0.39 is 20.5 Å². The van der Waals surface area contributed by atoms with Crippen molar-refractivity contribution in [2.75, 3.05) is 4.72 Å². The van der Waals surface area contributed by atoms with Crippen LogP contribution in [-0.4, -0.2) is 13.3 Å². The number of nitrogens with two attached hydrogens (primary N) is 1. The molecule has 0 saturated heterocycles. The highest BCUT2D eigenvalue weighted by Crippen LogP contribution is 2.31. The number of rotatable bonds is 5. The first kappa shape index (κ1) is 17.9. The van der Waals surface area contributed by atoms with Crippen LogP contribution in [0.25, 0.3) is 0 Å². The molecule has 128 valence electrons. The Kier molecular flexibility index (Phi) is 4.63. The second kappa shape index (κ2) is 6.21. The molecule has 2 aromatic rings. The second-order valence-corrected chi connectivity index (χ2v) is 7.81. The van der Waals surface area contributed by atoms with Gasteiger partial charge in [0, 0.05) is 17.7 Å². The van der Waals surface area contributed by atoms with Gasteiger partial charge in [-0.15, -0.1) is 0 Å². The molecule has 7 nitrogen and oxygen atoms in total. The third kappa shape index (κ3) is 3.90. The predicted molar refractivity (Wildman–Crippen MR) is 92.3 cm³/mol. The van der Waals surface area contributed by atoms with Gasteiger partial charge in [-0.3, -0.25) is 14.8 Å². The van der Waals surface area contributed by atoms with Gasteiger partial charge in [0.05, 0.1) is 15.5 Å². The molecule has 24 heavy (non-hydrogen) atoms. The van der Waals surface area contributed by atoms with Crippen molar-refractivity contribution in [1.82, 2.24) is 0 Å². The van der Waals surface area contributed by atoms with Crippen molar-refractivity contribution in [3.05, 3.63) is 63.7 Å². The molecule has 0 saturated carbocycles. The average Bonchev–Trinajstić information content (AvgIpc) is 2.45. The van der Waals surface area contributed by atoms with Gasteiger partial charge in [0.2, 0.25) is 0 Å². The van der Waals surface area contributed by atoms with Gasteiger partial charge >= 0.3 is 0 Å². The van der Waals surface area contributed by atoms with Crippen molar-refractivity contribution in [1.29, 1.82) is 0 Å². The SMILES string of the molecule is Cc1ccc(S(=O)(=O)Nc2cc([N+](=O)[O-])ccc2C(C)(C)N)cc1. The fraction of sp³-hybridized carbons (Fsp3) is 0.250. The first-order valence-electron chi connectivity index (χ1n) is 7.18. The Balaban J connectivity index is 2.52. The maximum Gasteiger partial charge on any atom is 0.271 e. The lowest BCUT2D eigenvalue weighted by Gasteiger charge is -2.23. The number of anilines is 1. The molecule has 0 heterocycles. The second-order valence-electron chi connectivity index (χ2n) is 6.13. The van der Waals surface area contributed by atoms with Crippen LogP contribution in [0.1, 0.15) is 25.0 Å². The van der Waals surface area contributed by atoms with Crippen LogP contribution in [0.2, 0.25) is 0 Å². The molecule has 3 N–H and O–H groups in total. The lowest BCUT2D eigenvalue weighted by atomic mass is 9.94. The summed E-state index contributed by atoms with van der Waals surface area (Å²) in [6.07, 6.45) is 0. The molecule has 0 atom stereocenters. The lowest BCUT2D eigenvalue weighted by Crippen LogP contribution is -2.30. The summed E-state index contributed by atoms with van der Waals surface area (Å²) in [5.41, 5.74) is 6.44. The minimum absolute atomic E-state index is 0.0698.